The normalized spacial score (nSPS) is 20.8. The third-order valence-electron chi connectivity index (χ3n) is 4.10. The van der Waals surface area contributed by atoms with E-state index in [1.807, 2.05) is 37.3 Å². The molecule has 2 unspecified atom stereocenters. The average Bonchev–Trinajstić information content (AvgIpc) is 2.93. The van der Waals surface area contributed by atoms with E-state index in [1.165, 1.54) is 19.3 Å². The minimum Gasteiger partial charge on any atom is -0.461 e. The molecule has 0 amide bonds. The van der Waals surface area contributed by atoms with Gasteiger partial charge in [0.15, 0.2) is 0 Å². The average molecular weight is 275 g/mol. The van der Waals surface area contributed by atoms with Crippen LogP contribution in [0.1, 0.15) is 38.7 Å². The van der Waals surface area contributed by atoms with E-state index in [9.17, 15) is 4.79 Å². The van der Waals surface area contributed by atoms with Crippen molar-refractivity contribution in [2.75, 3.05) is 13.1 Å². The molecule has 1 aliphatic heterocycles. The minimum atomic E-state index is -0.0874. The molecule has 1 aromatic carbocycles. The number of hydrogen-bond acceptors (Lipinski definition) is 3. The van der Waals surface area contributed by atoms with Gasteiger partial charge >= 0.3 is 5.97 Å². The van der Waals surface area contributed by atoms with Gasteiger partial charge in [-0.1, -0.05) is 44.2 Å². The number of nitrogens with zero attached hydrogens (tertiary/aromatic N) is 1. The zero-order valence-corrected chi connectivity index (χ0v) is 12.5. The Morgan fingerprint density at radius 3 is 2.85 bits per heavy atom. The second kappa shape index (κ2) is 7.44. The van der Waals surface area contributed by atoms with Gasteiger partial charge in [-0.3, -0.25) is 9.69 Å². The highest BCUT2D eigenvalue weighted by Gasteiger charge is 2.26. The minimum absolute atomic E-state index is 0.0501. The van der Waals surface area contributed by atoms with Crippen molar-refractivity contribution in [3.8, 4) is 0 Å². The Morgan fingerprint density at radius 2 is 2.15 bits per heavy atom. The molecule has 0 aromatic heterocycles. The Balaban J connectivity index is 1.77. The Labute approximate surface area is 121 Å². The molecule has 1 aliphatic rings. The summed E-state index contributed by atoms with van der Waals surface area (Å²) in [6.45, 7) is 6.52. The third kappa shape index (κ3) is 4.07. The molecule has 0 N–H and O–H groups in total. The van der Waals surface area contributed by atoms with E-state index in [4.69, 9.17) is 4.74 Å². The van der Waals surface area contributed by atoms with E-state index in [0.717, 1.165) is 18.7 Å². The fraction of sp³-hybridized carbons (Fsp3) is 0.588. The van der Waals surface area contributed by atoms with E-state index in [2.05, 4.69) is 11.8 Å². The molecule has 0 spiro atoms. The van der Waals surface area contributed by atoms with Crippen LogP contribution >= 0.6 is 0 Å². The van der Waals surface area contributed by atoms with Crippen LogP contribution in [-0.4, -0.2) is 30.0 Å². The van der Waals surface area contributed by atoms with Gasteiger partial charge in [0.25, 0.3) is 0 Å². The first-order chi connectivity index (χ1) is 9.70. The topological polar surface area (TPSA) is 29.5 Å². The molecule has 3 nitrogen and oxygen atoms in total. The van der Waals surface area contributed by atoms with Crippen LogP contribution in [0, 0.1) is 5.92 Å². The van der Waals surface area contributed by atoms with Crippen molar-refractivity contribution >= 4 is 5.97 Å². The van der Waals surface area contributed by atoms with Crippen LogP contribution in [-0.2, 0) is 16.1 Å². The quantitative estimate of drug-likeness (QED) is 0.746. The standard InChI is InChI=1S/C17H25NO2/c1-3-16-10-7-11-18(16)12-14(2)17(19)20-13-15-8-5-4-6-9-15/h4-6,8-9,14,16H,3,7,10-13H2,1-2H3. The predicted octanol–water partition coefficient (Wildman–Crippen LogP) is 3.24. The highest BCUT2D eigenvalue weighted by atomic mass is 16.5. The summed E-state index contributed by atoms with van der Waals surface area (Å²) < 4.78 is 5.40. The summed E-state index contributed by atoms with van der Waals surface area (Å²) in [5.41, 5.74) is 1.04. The van der Waals surface area contributed by atoms with Gasteiger partial charge in [-0.05, 0) is 31.4 Å². The molecule has 0 aliphatic carbocycles. The number of carbonyl (C=O) groups excluding carboxylic acids is 1. The Kier molecular flexibility index (Phi) is 5.60. The van der Waals surface area contributed by atoms with Crippen LogP contribution in [0.5, 0.6) is 0 Å². The van der Waals surface area contributed by atoms with Crippen molar-refractivity contribution in [1.82, 2.24) is 4.90 Å². The van der Waals surface area contributed by atoms with Gasteiger partial charge in [0.05, 0.1) is 5.92 Å². The highest BCUT2D eigenvalue weighted by molar-refractivity contribution is 5.72. The number of esters is 1. The molecule has 2 rings (SSSR count). The SMILES string of the molecule is CCC1CCCN1CC(C)C(=O)OCc1ccccc1. The lowest BCUT2D eigenvalue weighted by atomic mass is 10.1. The molecule has 0 bridgehead atoms. The van der Waals surface area contributed by atoms with Crippen LogP contribution in [0.25, 0.3) is 0 Å². The molecule has 1 fully saturated rings. The first-order valence-corrected chi connectivity index (χ1v) is 7.65. The largest absolute Gasteiger partial charge is 0.461 e. The molecule has 0 radical (unpaired) electrons. The second-order valence-electron chi connectivity index (χ2n) is 5.69. The van der Waals surface area contributed by atoms with Crippen LogP contribution in [0.4, 0.5) is 0 Å². The molecule has 110 valence electrons. The highest BCUT2D eigenvalue weighted by Crippen LogP contribution is 2.21. The number of likely N-dealkylation sites (tertiary alicyclic amines) is 1. The van der Waals surface area contributed by atoms with E-state index in [1.54, 1.807) is 0 Å². The predicted molar refractivity (Wildman–Crippen MR) is 80.3 cm³/mol. The molecule has 1 heterocycles. The van der Waals surface area contributed by atoms with Gasteiger partial charge in [0.2, 0.25) is 0 Å². The Hall–Kier alpha value is -1.35. The molecular formula is C17H25NO2. The third-order valence-corrected chi connectivity index (χ3v) is 4.10. The monoisotopic (exact) mass is 275 g/mol. The summed E-state index contributed by atoms with van der Waals surface area (Å²) in [4.78, 5) is 14.5. The molecule has 0 saturated carbocycles. The van der Waals surface area contributed by atoms with Crippen molar-refractivity contribution in [3.05, 3.63) is 35.9 Å². The maximum Gasteiger partial charge on any atom is 0.310 e. The maximum atomic E-state index is 12.1. The van der Waals surface area contributed by atoms with Crippen molar-refractivity contribution in [2.45, 2.75) is 45.8 Å². The van der Waals surface area contributed by atoms with Crippen molar-refractivity contribution < 1.29 is 9.53 Å². The number of hydrogen-bond donors (Lipinski definition) is 0. The van der Waals surface area contributed by atoms with Crippen LogP contribution in [0.15, 0.2) is 30.3 Å². The van der Waals surface area contributed by atoms with E-state index >= 15 is 0 Å². The van der Waals surface area contributed by atoms with Crippen LogP contribution < -0.4 is 0 Å². The summed E-state index contributed by atoms with van der Waals surface area (Å²) >= 11 is 0. The van der Waals surface area contributed by atoms with Crippen LogP contribution in [0.3, 0.4) is 0 Å². The second-order valence-corrected chi connectivity index (χ2v) is 5.69. The van der Waals surface area contributed by atoms with Gasteiger partial charge in [-0.25, -0.2) is 0 Å². The fourth-order valence-corrected chi connectivity index (χ4v) is 2.90. The number of ether oxygens (including phenoxy) is 1. The van der Waals surface area contributed by atoms with Crippen molar-refractivity contribution in [2.24, 2.45) is 5.92 Å². The van der Waals surface area contributed by atoms with Gasteiger partial charge in [0, 0.05) is 12.6 Å². The number of benzene rings is 1. The smallest absolute Gasteiger partial charge is 0.310 e. The zero-order chi connectivity index (χ0) is 14.4. The van der Waals surface area contributed by atoms with Gasteiger partial charge in [-0.15, -0.1) is 0 Å². The summed E-state index contributed by atoms with van der Waals surface area (Å²) in [7, 11) is 0. The number of rotatable bonds is 6. The lowest BCUT2D eigenvalue weighted by molar-refractivity contribution is -0.150. The summed E-state index contributed by atoms with van der Waals surface area (Å²) in [6, 6.07) is 10.5. The summed E-state index contributed by atoms with van der Waals surface area (Å²) in [5.74, 6) is -0.138. The Bertz CT molecular complexity index is 418. The molecule has 1 aromatic rings. The van der Waals surface area contributed by atoms with E-state index in [0.29, 0.717) is 12.6 Å². The molecular weight excluding hydrogens is 250 g/mol. The number of carbonyl (C=O) groups is 1. The first kappa shape index (κ1) is 15.0. The molecule has 2 atom stereocenters. The van der Waals surface area contributed by atoms with Gasteiger partial charge in [-0.2, -0.15) is 0 Å². The van der Waals surface area contributed by atoms with Gasteiger partial charge < -0.3 is 4.74 Å². The lowest BCUT2D eigenvalue weighted by Crippen LogP contribution is -2.35. The van der Waals surface area contributed by atoms with Crippen molar-refractivity contribution in [1.29, 1.82) is 0 Å². The van der Waals surface area contributed by atoms with Crippen LogP contribution in [0.2, 0.25) is 0 Å². The van der Waals surface area contributed by atoms with E-state index in [-0.39, 0.29) is 11.9 Å². The molecule has 1 saturated heterocycles. The van der Waals surface area contributed by atoms with Crippen molar-refractivity contribution in [3.63, 3.8) is 0 Å². The van der Waals surface area contributed by atoms with E-state index < -0.39 is 0 Å². The lowest BCUT2D eigenvalue weighted by Gasteiger charge is -2.25. The summed E-state index contributed by atoms with van der Waals surface area (Å²) in [5, 5.41) is 0. The molecule has 3 heteroatoms. The summed E-state index contributed by atoms with van der Waals surface area (Å²) in [6.07, 6.45) is 3.69. The zero-order valence-electron chi connectivity index (χ0n) is 12.5. The fourth-order valence-electron chi connectivity index (χ4n) is 2.90. The molecule has 20 heavy (non-hydrogen) atoms. The van der Waals surface area contributed by atoms with Gasteiger partial charge in [0.1, 0.15) is 6.61 Å². The first-order valence-electron chi connectivity index (χ1n) is 7.65. The Morgan fingerprint density at radius 1 is 1.40 bits per heavy atom. The maximum absolute atomic E-state index is 12.1.